The highest BCUT2D eigenvalue weighted by Gasteiger charge is 2.23. The van der Waals surface area contributed by atoms with Crippen LogP contribution in [0.3, 0.4) is 0 Å². The maximum absolute atomic E-state index is 9.82. The molecule has 4 rings (SSSR count). The van der Waals surface area contributed by atoms with E-state index in [9.17, 15) is 5.11 Å². The number of aryl methyl sites for hydroxylation is 2. The lowest BCUT2D eigenvalue weighted by Gasteiger charge is -2.27. The van der Waals surface area contributed by atoms with Crippen molar-refractivity contribution >= 4 is 5.69 Å². The van der Waals surface area contributed by atoms with Gasteiger partial charge in [-0.25, -0.2) is 0 Å². The molecule has 1 atom stereocenters. The lowest BCUT2D eigenvalue weighted by Crippen LogP contribution is -2.20. The first-order valence-electron chi connectivity index (χ1n) is 13.2. The van der Waals surface area contributed by atoms with E-state index in [0.29, 0.717) is 11.7 Å². The molecule has 3 aromatic rings. The minimum atomic E-state index is 0.366. The van der Waals surface area contributed by atoms with Gasteiger partial charge in [0.1, 0.15) is 11.5 Å². The molecule has 0 saturated heterocycles. The van der Waals surface area contributed by atoms with E-state index >= 15 is 0 Å². The Hall–Kier alpha value is -3.24. The summed E-state index contributed by atoms with van der Waals surface area (Å²) in [7, 11) is 3.86. The summed E-state index contributed by atoms with van der Waals surface area (Å²) in [6.07, 6.45) is 8.25. The van der Waals surface area contributed by atoms with Crippen molar-refractivity contribution in [3.8, 4) is 11.5 Å². The first kappa shape index (κ1) is 25.8. The Labute approximate surface area is 216 Å². The molecule has 0 fully saturated rings. The average molecular weight is 485 g/mol. The van der Waals surface area contributed by atoms with Crippen LogP contribution in [0, 0.1) is 0 Å². The zero-order valence-electron chi connectivity index (χ0n) is 21.8. The third-order valence-corrected chi connectivity index (χ3v) is 7.32. The number of benzene rings is 3. The van der Waals surface area contributed by atoms with Gasteiger partial charge in [-0.2, -0.15) is 0 Å². The van der Waals surface area contributed by atoms with Crippen molar-refractivity contribution in [2.24, 2.45) is 0 Å². The standard InChI is InChI=1S/C32H40N2O2/c1-4-19-34(2)20-17-25-9-7-24(8-10-25)6-5-18-33-32-23-30(36-3)15-16-31(32)28-12-11-27-22-29(35)14-13-26(27)21-28/h4,7-10,13-16,22-23,28,33,35H,1,5-6,11-12,17-21H2,2-3H3/t28-/m1/s1. The summed E-state index contributed by atoms with van der Waals surface area (Å²) < 4.78 is 5.53. The van der Waals surface area contributed by atoms with E-state index in [0.717, 1.165) is 63.9 Å². The van der Waals surface area contributed by atoms with E-state index in [2.05, 4.69) is 72.4 Å². The van der Waals surface area contributed by atoms with Gasteiger partial charge in [0, 0.05) is 31.4 Å². The fourth-order valence-corrected chi connectivity index (χ4v) is 5.20. The van der Waals surface area contributed by atoms with Crippen molar-refractivity contribution in [3.05, 3.63) is 101 Å². The van der Waals surface area contributed by atoms with Crippen molar-refractivity contribution in [2.75, 3.05) is 39.1 Å². The molecule has 1 aliphatic carbocycles. The molecule has 2 N–H and O–H groups in total. The Morgan fingerprint density at radius 3 is 2.56 bits per heavy atom. The molecule has 4 heteroatoms. The molecule has 3 aromatic carbocycles. The van der Waals surface area contributed by atoms with Gasteiger partial charge in [0.25, 0.3) is 0 Å². The minimum absolute atomic E-state index is 0.366. The zero-order valence-corrected chi connectivity index (χ0v) is 21.8. The largest absolute Gasteiger partial charge is 0.508 e. The van der Waals surface area contributed by atoms with Crippen LogP contribution in [0.4, 0.5) is 5.69 Å². The summed E-state index contributed by atoms with van der Waals surface area (Å²) in [5, 5.41) is 13.5. The fourth-order valence-electron chi connectivity index (χ4n) is 5.20. The summed E-state index contributed by atoms with van der Waals surface area (Å²) in [6, 6.07) is 21.3. The summed E-state index contributed by atoms with van der Waals surface area (Å²) in [5.41, 5.74) is 7.95. The predicted molar refractivity (Wildman–Crippen MR) is 151 cm³/mol. The van der Waals surface area contributed by atoms with Gasteiger partial charge in [-0.15, -0.1) is 6.58 Å². The molecule has 190 valence electrons. The summed E-state index contributed by atoms with van der Waals surface area (Å²) in [6.45, 7) is 6.71. The number of methoxy groups -OCH3 is 1. The topological polar surface area (TPSA) is 44.7 Å². The van der Waals surface area contributed by atoms with Crippen LogP contribution >= 0.6 is 0 Å². The summed E-state index contributed by atoms with van der Waals surface area (Å²) in [5.74, 6) is 1.72. The Morgan fingerprint density at radius 1 is 1.03 bits per heavy atom. The van der Waals surface area contributed by atoms with E-state index in [1.54, 1.807) is 7.11 Å². The van der Waals surface area contributed by atoms with Crippen molar-refractivity contribution < 1.29 is 9.84 Å². The lowest BCUT2D eigenvalue weighted by molar-refractivity contribution is 0.375. The molecule has 0 aliphatic heterocycles. The van der Waals surface area contributed by atoms with Crippen LogP contribution in [0.15, 0.2) is 73.3 Å². The highest BCUT2D eigenvalue weighted by molar-refractivity contribution is 5.57. The maximum atomic E-state index is 9.82. The third kappa shape index (κ3) is 6.92. The molecule has 0 unspecified atom stereocenters. The number of aromatic hydroxyl groups is 1. The zero-order chi connectivity index (χ0) is 25.3. The first-order chi connectivity index (χ1) is 17.6. The summed E-state index contributed by atoms with van der Waals surface area (Å²) >= 11 is 0. The number of phenols is 1. The monoisotopic (exact) mass is 484 g/mol. The molecule has 0 aromatic heterocycles. The van der Waals surface area contributed by atoms with E-state index in [1.807, 2.05) is 18.2 Å². The molecule has 4 nitrogen and oxygen atoms in total. The number of hydrogen-bond acceptors (Lipinski definition) is 4. The molecule has 0 saturated carbocycles. The molecular weight excluding hydrogens is 444 g/mol. The Kier molecular flexibility index (Phi) is 9.07. The van der Waals surface area contributed by atoms with Gasteiger partial charge >= 0.3 is 0 Å². The van der Waals surface area contributed by atoms with Crippen LogP contribution in [0.2, 0.25) is 0 Å². The van der Waals surface area contributed by atoms with Gasteiger partial charge < -0.3 is 20.1 Å². The molecule has 0 radical (unpaired) electrons. The fraction of sp³-hybridized carbons (Fsp3) is 0.375. The quantitative estimate of drug-likeness (QED) is 0.231. The van der Waals surface area contributed by atoms with Crippen molar-refractivity contribution in [3.63, 3.8) is 0 Å². The second-order valence-electron chi connectivity index (χ2n) is 9.99. The van der Waals surface area contributed by atoms with E-state index in [1.165, 1.54) is 33.5 Å². The van der Waals surface area contributed by atoms with Crippen LogP contribution in [0.1, 0.15) is 46.6 Å². The smallest absolute Gasteiger partial charge is 0.120 e. The number of likely N-dealkylation sites (N-methyl/N-ethyl adjacent to an activating group) is 1. The molecule has 0 bridgehead atoms. The van der Waals surface area contributed by atoms with Crippen molar-refractivity contribution in [1.82, 2.24) is 4.90 Å². The number of ether oxygens (including phenoxy) is 1. The molecule has 0 amide bonds. The number of phenolic OH excluding ortho intramolecular Hbond substituents is 1. The van der Waals surface area contributed by atoms with Gasteiger partial charge in [0.2, 0.25) is 0 Å². The molecular formula is C32H40N2O2. The van der Waals surface area contributed by atoms with Gasteiger partial charge in [-0.1, -0.05) is 42.5 Å². The third-order valence-electron chi connectivity index (χ3n) is 7.32. The average Bonchev–Trinajstić information content (AvgIpc) is 2.90. The first-order valence-corrected chi connectivity index (χ1v) is 13.2. The number of fused-ring (bicyclic) bond motifs is 1. The molecule has 36 heavy (non-hydrogen) atoms. The molecule has 1 aliphatic rings. The van der Waals surface area contributed by atoms with Gasteiger partial charge in [-0.05, 0) is 97.5 Å². The Morgan fingerprint density at radius 2 is 1.81 bits per heavy atom. The van der Waals surface area contributed by atoms with Gasteiger partial charge in [-0.3, -0.25) is 0 Å². The lowest BCUT2D eigenvalue weighted by atomic mass is 9.79. The normalized spacial score (nSPS) is 14.9. The predicted octanol–water partition coefficient (Wildman–Crippen LogP) is 6.38. The Balaban J connectivity index is 1.32. The van der Waals surface area contributed by atoms with Crippen LogP contribution in [-0.4, -0.2) is 43.8 Å². The SMILES string of the molecule is C=CCN(C)CCc1ccc(CCCNc2cc(OC)ccc2[C@@H]2CCc3cc(O)ccc3C2)cc1. The Bertz CT molecular complexity index is 1140. The second kappa shape index (κ2) is 12.6. The van der Waals surface area contributed by atoms with Gasteiger partial charge in [0.05, 0.1) is 7.11 Å². The number of nitrogens with one attached hydrogen (secondary N) is 1. The van der Waals surface area contributed by atoms with E-state index < -0.39 is 0 Å². The van der Waals surface area contributed by atoms with Crippen molar-refractivity contribution in [1.29, 1.82) is 0 Å². The van der Waals surface area contributed by atoms with Crippen LogP contribution in [0.5, 0.6) is 11.5 Å². The number of hydrogen-bond donors (Lipinski definition) is 2. The maximum Gasteiger partial charge on any atom is 0.120 e. The minimum Gasteiger partial charge on any atom is -0.508 e. The van der Waals surface area contributed by atoms with Crippen molar-refractivity contribution in [2.45, 2.75) is 44.4 Å². The van der Waals surface area contributed by atoms with Gasteiger partial charge in [0.15, 0.2) is 0 Å². The van der Waals surface area contributed by atoms with E-state index in [4.69, 9.17) is 4.74 Å². The van der Waals surface area contributed by atoms with Crippen LogP contribution in [-0.2, 0) is 25.7 Å². The van der Waals surface area contributed by atoms with Crippen LogP contribution in [0.25, 0.3) is 0 Å². The second-order valence-corrected chi connectivity index (χ2v) is 9.99. The van der Waals surface area contributed by atoms with Crippen LogP contribution < -0.4 is 10.1 Å². The number of nitrogens with zero attached hydrogens (tertiary/aromatic N) is 1. The highest BCUT2D eigenvalue weighted by Crippen LogP contribution is 2.38. The van der Waals surface area contributed by atoms with E-state index in [-0.39, 0.29) is 0 Å². The number of rotatable bonds is 12. The molecule has 0 spiro atoms. The molecule has 0 heterocycles. The summed E-state index contributed by atoms with van der Waals surface area (Å²) in [4.78, 5) is 2.29. The highest BCUT2D eigenvalue weighted by atomic mass is 16.5. The number of anilines is 1.